The van der Waals surface area contributed by atoms with Crippen LogP contribution in [0.5, 0.6) is 0 Å². The summed E-state index contributed by atoms with van der Waals surface area (Å²) in [5.41, 5.74) is -0.701. The van der Waals surface area contributed by atoms with Crippen molar-refractivity contribution in [1.29, 1.82) is 0 Å². The number of hydrogen-bond donors (Lipinski definition) is 2. The third kappa shape index (κ3) is 6.65. The molecular weight excluding hydrogens is 539 g/mol. The molecule has 1 unspecified atom stereocenters. The van der Waals surface area contributed by atoms with Crippen molar-refractivity contribution in [1.82, 2.24) is 29.4 Å². The van der Waals surface area contributed by atoms with E-state index in [1.54, 1.807) is 25.7 Å². The molecule has 1 atom stereocenters. The molecule has 0 radical (unpaired) electrons. The second-order valence-electron chi connectivity index (χ2n) is 9.92. The monoisotopic (exact) mass is 567 g/mol. The number of nitrogens with zero attached hydrogens (tertiary/aromatic N) is 5. The topological polar surface area (TPSA) is 131 Å². The zero-order chi connectivity index (χ0) is 28.6. The van der Waals surface area contributed by atoms with Gasteiger partial charge in [0.1, 0.15) is 11.2 Å². The molecule has 11 nitrogen and oxygen atoms in total. The van der Waals surface area contributed by atoms with E-state index in [1.165, 1.54) is 43.7 Å². The Morgan fingerprint density at radius 2 is 1.82 bits per heavy atom. The first-order chi connectivity index (χ1) is 18.2. The number of carbonyl (C=O) groups is 1. The highest BCUT2D eigenvalue weighted by molar-refractivity contribution is 7.89. The van der Waals surface area contributed by atoms with Gasteiger partial charge in [0, 0.05) is 37.1 Å². The standard InChI is InChI=1S/C24H28F3N7O4S/c1-23(2,3)38-22(35)33-10-9-15(13-33)16-11-30-34(14-16)20-19(24(25,26)27)12-29-21(32-20)31-17-5-7-18(8-6-17)39(36,37)28-4/h5-8,11-12,14-15,28H,9-10,13H2,1-4H3,(H,29,31,32). The fourth-order valence-corrected chi connectivity index (χ4v) is 4.69. The third-order valence-corrected chi connectivity index (χ3v) is 7.32. The van der Waals surface area contributed by atoms with Crippen LogP contribution in [-0.4, -0.2) is 64.9 Å². The van der Waals surface area contributed by atoms with Crippen LogP contribution in [0, 0.1) is 0 Å². The van der Waals surface area contributed by atoms with Crippen LogP contribution in [0.1, 0.15) is 44.2 Å². The molecule has 1 aliphatic heterocycles. The van der Waals surface area contributed by atoms with Crippen molar-refractivity contribution in [3.8, 4) is 5.82 Å². The van der Waals surface area contributed by atoms with Crippen LogP contribution in [0.3, 0.4) is 0 Å². The number of alkyl halides is 3. The summed E-state index contributed by atoms with van der Waals surface area (Å²) in [4.78, 5) is 21.8. The van der Waals surface area contributed by atoms with E-state index in [-0.39, 0.29) is 16.8 Å². The summed E-state index contributed by atoms with van der Waals surface area (Å²) in [5.74, 6) is -0.758. The first kappa shape index (κ1) is 28.3. The number of sulfonamides is 1. The van der Waals surface area contributed by atoms with Crippen LogP contribution in [-0.2, 0) is 20.9 Å². The Morgan fingerprint density at radius 1 is 1.13 bits per heavy atom. The van der Waals surface area contributed by atoms with E-state index < -0.39 is 39.3 Å². The molecular formula is C24H28F3N7O4S. The van der Waals surface area contributed by atoms with E-state index in [0.29, 0.717) is 37.0 Å². The van der Waals surface area contributed by atoms with E-state index >= 15 is 0 Å². The van der Waals surface area contributed by atoms with Gasteiger partial charge >= 0.3 is 12.3 Å². The number of nitrogens with one attached hydrogen (secondary N) is 2. The molecule has 15 heteroatoms. The smallest absolute Gasteiger partial charge is 0.421 e. The molecule has 0 bridgehead atoms. The predicted molar refractivity (Wildman–Crippen MR) is 135 cm³/mol. The Bertz CT molecular complexity index is 1450. The lowest BCUT2D eigenvalue weighted by atomic mass is 10.0. The number of anilines is 2. The molecule has 0 spiro atoms. The molecule has 4 rings (SSSR count). The summed E-state index contributed by atoms with van der Waals surface area (Å²) in [5, 5.41) is 6.91. The summed E-state index contributed by atoms with van der Waals surface area (Å²) in [6.07, 6.45) is -1.01. The maximum absolute atomic E-state index is 13.8. The summed E-state index contributed by atoms with van der Waals surface area (Å²) < 4.78 is 73.9. The van der Waals surface area contributed by atoms with Crippen LogP contribution in [0.4, 0.5) is 29.6 Å². The number of hydrogen-bond acceptors (Lipinski definition) is 8. The molecule has 39 heavy (non-hydrogen) atoms. The van der Waals surface area contributed by atoms with Crippen molar-refractivity contribution in [2.24, 2.45) is 0 Å². The van der Waals surface area contributed by atoms with Crippen LogP contribution < -0.4 is 10.0 Å². The summed E-state index contributed by atoms with van der Waals surface area (Å²) in [6, 6.07) is 5.54. The van der Waals surface area contributed by atoms with Crippen molar-refractivity contribution in [2.45, 2.75) is 49.8 Å². The molecule has 1 aliphatic rings. The van der Waals surface area contributed by atoms with E-state index in [9.17, 15) is 26.4 Å². The zero-order valence-electron chi connectivity index (χ0n) is 21.7. The quantitative estimate of drug-likeness (QED) is 0.456. The Labute approximate surface area is 223 Å². The molecule has 1 saturated heterocycles. The molecule has 2 N–H and O–H groups in total. The van der Waals surface area contributed by atoms with Gasteiger partial charge in [-0.05, 0) is 64.1 Å². The van der Waals surface area contributed by atoms with Crippen molar-refractivity contribution < 1.29 is 31.1 Å². The molecule has 0 saturated carbocycles. The molecule has 1 amide bonds. The van der Waals surface area contributed by atoms with E-state index in [2.05, 4.69) is 25.1 Å². The first-order valence-electron chi connectivity index (χ1n) is 11.9. The summed E-state index contributed by atoms with van der Waals surface area (Å²) in [6.45, 7) is 6.12. The molecule has 1 fully saturated rings. The lowest BCUT2D eigenvalue weighted by Gasteiger charge is -2.24. The minimum Gasteiger partial charge on any atom is -0.444 e. The van der Waals surface area contributed by atoms with Gasteiger partial charge in [-0.25, -0.2) is 27.6 Å². The lowest BCUT2D eigenvalue weighted by molar-refractivity contribution is -0.138. The fourth-order valence-electron chi connectivity index (χ4n) is 3.96. The van der Waals surface area contributed by atoms with Gasteiger partial charge in [0.15, 0.2) is 5.82 Å². The Kier molecular flexibility index (Phi) is 7.58. The normalized spacial score (nSPS) is 16.4. The number of likely N-dealkylation sites (tertiary alicyclic amines) is 1. The third-order valence-electron chi connectivity index (χ3n) is 5.89. The highest BCUT2D eigenvalue weighted by atomic mass is 32.2. The number of aromatic nitrogens is 4. The number of rotatable bonds is 6. The van der Waals surface area contributed by atoms with Crippen molar-refractivity contribution in [2.75, 3.05) is 25.5 Å². The Hall–Kier alpha value is -3.72. The maximum atomic E-state index is 13.8. The van der Waals surface area contributed by atoms with Crippen LogP contribution in [0.2, 0.25) is 0 Å². The zero-order valence-corrected chi connectivity index (χ0v) is 22.5. The maximum Gasteiger partial charge on any atom is 0.421 e. The molecule has 2 aromatic heterocycles. The van der Waals surface area contributed by atoms with Crippen molar-refractivity contribution >= 4 is 27.8 Å². The molecule has 3 heterocycles. The predicted octanol–water partition coefficient (Wildman–Crippen LogP) is 4.06. The lowest BCUT2D eigenvalue weighted by Crippen LogP contribution is -2.35. The number of halogens is 3. The largest absolute Gasteiger partial charge is 0.444 e. The average molecular weight is 568 g/mol. The van der Waals surface area contributed by atoms with Gasteiger partial charge in [0.05, 0.1) is 11.1 Å². The Morgan fingerprint density at radius 3 is 2.44 bits per heavy atom. The first-order valence-corrected chi connectivity index (χ1v) is 13.4. The average Bonchev–Trinajstić information content (AvgIpc) is 3.53. The van der Waals surface area contributed by atoms with Gasteiger partial charge < -0.3 is 15.0 Å². The summed E-state index contributed by atoms with van der Waals surface area (Å²) >= 11 is 0. The second kappa shape index (κ2) is 10.4. The number of carbonyl (C=O) groups excluding carboxylic acids is 1. The van der Waals surface area contributed by atoms with Gasteiger partial charge in [0.2, 0.25) is 16.0 Å². The molecule has 1 aromatic carbocycles. The van der Waals surface area contributed by atoms with Crippen molar-refractivity contribution in [3.63, 3.8) is 0 Å². The van der Waals surface area contributed by atoms with Gasteiger partial charge in [-0.15, -0.1) is 0 Å². The SMILES string of the molecule is CNS(=O)(=O)c1ccc(Nc2ncc(C(F)(F)F)c(-n3cc(C4CCN(C(=O)OC(C)(C)C)C4)cn3)n2)cc1. The van der Waals surface area contributed by atoms with Gasteiger partial charge in [-0.3, -0.25) is 0 Å². The van der Waals surface area contributed by atoms with E-state index in [4.69, 9.17) is 4.74 Å². The summed E-state index contributed by atoms with van der Waals surface area (Å²) in [7, 11) is -2.37. The van der Waals surface area contributed by atoms with E-state index in [1.807, 2.05) is 0 Å². The highest BCUT2D eigenvalue weighted by Gasteiger charge is 2.37. The second-order valence-corrected chi connectivity index (χ2v) is 11.8. The fraction of sp³-hybridized carbons (Fsp3) is 0.417. The molecule has 210 valence electrons. The van der Waals surface area contributed by atoms with Gasteiger partial charge in [-0.2, -0.15) is 23.3 Å². The number of ether oxygens (including phenoxy) is 1. The molecule has 0 aliphatic carbocycles. The minimum absolute atomic E-state index is 0.0193. The van der Waals surface area contributed by atoms with E-state index in [0.717, 1.165) is 4.68 Å². The van der Waals surface area contributed by atoms with Crippen molar-refractivity contribution in [3.05, 3.63) is 54.0 Å². The van der Waals surface area contributed by atoms with Gasteiger partial charge in [0.25, 0.3) is 0 Å². The number of amides is 1. The minimum atomic E-state index is -4.75. The van der Waals surface area contributed by atoms with Crippen LogP contribution in [0.25, 0.3) is 5.82 Å². The van der Waals surface area contributed by atoms with Crippen LogP contribution >= 0.6 is 0 Å². The van der Waals surface area contributed by atoms with Crippen LogP contribution in [0.15, 0.2) is 47.8 Å². The highest BCUT2D eigenvalue weighted by Crippen LogP contribution is 2.34. The Balaban J connectivity index is 1.57. The molecule has 3 aromatic rings. The number of benzene rings is 1. The van der Waals surface area contributed by atoms with Gasteiger partial charge in [-0.1, -0.05) is 0 Å².